The molecule has 60 valence electrons. The smallest absolute Gasteiger partial charge is 0.170 e. The largest absolute Gasteiger partial charge is 0.396 e. The highest BCUT2D eigenvalue weighted by molar-refractivity contribution is 5.37. The number of hydrogen-bond donors (Lipinski definition) is 2. The van der Waals surface area contributed by atoms with E-state index in [4.69, 9.17) is 15.6 Å². The molecule has 0 amide bonds. The maximum atomic E-state index is 8.73. The first-order chi connectivity index (χ1) is 5.22. The van der Waals surface area contributed by atoms with Gasteiger partial charge in [-0.3, -0.25) is 5.73 Å². The van der Waals surface area contributed by atoms with Crippen molar-refractivity contribution in [1.82, 2.24) is 0 Å². The third-order valence-electron chi connectivity index (χ3n) is 2.27. The molecule has 1 fully saturated rings. The number of rotatable bonds is 2. The van der Waals surface area contributed by atoms with Crippen LogP contribution in [0.3, 0.4) is 0 Å². The molecular formula is C8H11NO2. The zero-order chi connectivity index (χ0) is 7.95. The fourth-order valence-electron chi connectivity index (χ4n) is 1.52. The normalized spacial score (nSPS) is 45.6. The van der Waals surface area contributed by atoms with Gasteiger partial charge >= 0.3 is 0 Å². The monoisotopic (exact) mass is 153 g/mol. The molecule has 2 unspecified atom stereocenters. The second-order valence-corrected chi connectivity index (χ2v) is 2.98. The molecule has 0 aromatic heterocycles. The van der Waals surface area contributed by atoms with E-state index in [-0.39, 0.29) is 6.61 Å². The fourth-order valence-corrected chi connectivity index (χ4v) is 1.52. The molecular weight excluding hydrogens is 142 g/mol. The van der Waals surface area contributed by atoms with Gasteiger partial charge in [0.25, 0.3) is 0 Å². The lowest BCUT2D eigenvalue weighted by molar-refractivity contribution is 0.234. The molecule has 1 saturated heterocycles. The van der Waals surface area contributed by atoms with Crippen LogP contribution < -0.4 is 5.73 Å². The number of epoxide rings is 1. The quantitative estimate of drug-likeness (QED) is 0.545. The van der Waals surface area contributed by atoms with Gasteiger partial charge in [0.1, 0.15) is 5.60 Å². The molecule has 1 aliphatic carbocycles. The molecule has 3 N–H and O–H groups in total. The summed E-state index contributed by atoms with van der Waals surface area (Å²) in [7, 11) is 0. The Labute approximate surface area is 65.2 Å². The number of aliphatic hydroxyl groups excluding tert-OH is 1. The maximum absolute atomic E-state index is 8.73. The topological polar surface area (TPSA) is 58.8 Å². The van der Waals surface area contributed by atoms with Gasteiger partial charge in [-0.1, -0.05) is 12.2 Å². The Balaban J connectivity index is 2.20. The van der Waals surface area contributed by atoms with Gasteiger partial charge in [0.2, 0.25) is 0 Å². The van der Waals surface area contributed by atoms with Crippen molar-refractivity contribution in [2.45, 2.75) is 17.7 Å². The van der Waals surface area contributed by atoms with Crippen molar-refractivity contribution in [3.63, 3.8) is 0 Å². The van der Waals surface area contributed by atoms with Crippen molar-refractivity contribution in [2.24, 2.45) is 5.73 Å². The van der Waals surface area contributed by atoms with Crippen molar-refractivity contribution in [2.75, 3.05) is 6.61 Å². The number of ether oxygens (including phenoxy) is 1. The molecule has 1 aliphatic heterocycles. The van der Waals surface area contributed by atoms with Crippen molar-refractivity contribution in [3.8, 4) is 0 Å². The second-order valence-electron chi connectivity index (χ2n) is 2.98. The van der Waals surface area contributed by atoms with E-state index in [2.05, 4.69) is 0 Å². The van der Waals surface area contributed by atoms with Crippen LogP contribution in [0.5, 0.6) is 0 Å². The molecule has 2 atom stereocenters. The van der Waals surface area contributed by atoms with E-state index in [9.17, 15) is 0 Å². The average Bonchev–Trinajstić information content (AvgIpc) is 2.56. The van der Waals surface area contributed by atoms with Gasteiger partial charge < -0.3 is 9.84 Å². The van der Waals surface area contributed by atoms with Gasteiger partial charge in [-0.2, -0.15) is 0 Å². The minimum Gasteiger partial charge on any atom is -0.396 e. The molecule has 0 bridgehead atoms. The molecule has 2 aliphatic rings. The standard InChI is InChI=1S/C8H11NO2/c9-8-4-2-1-3-7(8,11-8)5-6-10/h1-4,10H,5-6,9H2. The van der Waals surface area contributed by atoms with Gasteiger partial charge in [0.15, 0.2) is 5.72 Å². The lowest BCUT2D eigenvalue weighted by atomic mass is 9.93. The van der Waals surface area contributed by atoms with E-state index in [1.54, 1.807) is 0 Å². The second kappa shape index (κ2) is 1.94. The summed E-state index contributed by atoms with van der Waals surface area (Å²) in [6.07, 6.45) is 8.06. The molecule has 11 heavy (non-hydrogen) atoms. The molecule has 3 nitrogen and oxygen atoms in total. The molecule has 0 aromatic rings. The van der Waals surface area contributed by atoms with Gasteiger partial charge in [-0.25, -0.2) is 0 Å². The van der Waals surface area contributed by atoms with E-state index < -0.39 is 11.3 Å². The first kappa shape index (κ1) is 7.03. The van der Waals surface area contributed by atoms with Crippen LogP contribution in [0.1, 0.15) is 6.42 Å². The van der Waals surface area contributed by atoms with E-state index in [0.717, 1.165) is 0 Å². The molecule has 0 spiro atoms. The number of aliphatic hydroxyl groups is 1. The highest BCUT2D eigenvalue weighted by atomic mass is 16.6. The van der Waals surface area contributed by atoms with Crippen LogP contribution in [0.25, 0.3) is 0 Å². The number of fused-ring (bicyclic) bond motifs is 1. The Kier molecular flexibility index (Phi) is 1.24. The number of hydrogen-bond acceptors (Lipinski definition) is 3. The summed E-state index contributed by atoms with van der Waals surface area (Å²) in [6, 6.07) is 0. The van der Waals surface area contributed by atoms with Crippen molar-refractivity contribution >= 4 is 0 Å². The zero-order valence-electron chi connectivity index (χ0n) is 6.16. The molecule has 2 rings (SSSR count). The molecule has 1 heterocycles. The van der Waals surface area contributed by atoms with E-state index in [1.807, 2.05) is 24.3 Å². The third-order valence-corrected chi connectivity index (χ3v) is 2.27. The summed E-state index contributed by atoms with van der Waals surface area (Å²) < 4.78 is 5.34. The predicted molar refractivity (Wildman–Crippen MR) is 40.7 cm³/mol. The lowest BCUT2D eigenvalue weighted by Crippen LogP contribution is -2.33. The van der Waals surface area contributed by atoms with Crippen LogP contribution >= 0.6 is 0 Å². The third kappa shape index (κ3) is 0.788. The molecule has 0 radical (unpaired) electrons. The molecule has 0 saturated carbocycles. The van der Waals surface area contributed by atoms with Crippen LogP contribution in [0, 0.1) is 0 Å². The average molecular weight is 153 g/mol. The zero-order valence-corrected chi connectivity index (χ0v) is 6.16. The summed E-state index contributed by atoms with van der Waals surface area (Å²) in [4.78, 5) is 0. The molecule has 0 aromatic carbocycles. The Hall–Kier alpha value is -0.640. The van der Waals surface area contributed by atoms with Crippen LogP contribution in [-0.2, 0) is 4.74 Å². The van der Waals surface area contributed by atoms with E-state index in [0.29, 0.717) is 6.42 Å². The van der Waals surface area contributed by atoms with Crippen LogP contribution in [-0.4, -0.2) is 23.0 Å². The Morgan fingerprint density at radius 2 is 2.09 bits per heavy atom. The highest BCUT2D eigenvalue weighted by Crippen LogP contribution is 2.50. The minimum atomic E-state index is -0.634. The summed E-state index contributed by atoms with van der Waals surface area (Å²) >= 11 is 0. The Morgan fingerprint density at radius 1 is 1.36 bits per heavy atom. The molecule has 3 heteroatoms. The first-order valence-corrected chi connectivity index (χ1v) is 3.69. The van der Waals surface area contributed by atoms with Crippen LogP contribution in [0.15, 0.2) is 24.3 Å². The lowest BCUT2D eigenvalue weighted by Gasteiger charge is -2.10. The van der Waals surface area contributed by atoms with Crippen LogP contribution in [0.4, 0.5) is 0 Å². The van der Waals surface area contributed by atoms with E-state index in [1.165, 1.54) is 0 Å². The van der Waals surface area contributed by atoms with Crippen molar-refractivity contribution in [3.05, 3.63) is 24.3 Å². The Bertz CT molecular complexity index is 236. The summed E-state index contributed by atoms with van der Waals surface area (Å²) in [5.74, 6) is 0. The van der Waals surface area contributed by atoms with Gasteiger partial charge in [0, 0.05) is 13.0 Å². The fraction of sp³-hybridized carbons (Fsp3) is 0.500. The maximum Gasteiger partial charge on any atom is 0.170 e. The minimum absolute atomic E-state index is 0.108. The SMILES string of the molecule is NC12C=CC=CC1(CCO)O2. The first-order valence-electron chi connectivity index (χ1n) is 3.69. The number of allylic oxidation sites excluding steroid dienone is 2. The van der Waals surface area contributed by atoms with E-state index >= 15 is 0 Å². The predicted octanol–water partition coefficient (Wildman–Crippen LogP) is -0.0812. The number of nitrogens with two attached hydrogens (primary N) is 1. The van der Waals surface area contributed by atoms with Gasteiger partial charge in [-0.05, 0) is 12.2 Å². The van der Waals surface area contributed by atoms with Crippen LogP contribution in [0.2, 0.25) is 0 Å². The van der Waals surface area contributed by atoms with Crippen molar-refractivity contribution in [1.29, 1.82) is 0 Å². The Morgan fingerprint density at radius 3 is 2.73 bits per heavy atom. The van der Waals surface area contributed by atoms with Crippen molar-refractivity contribution < 1.29 is 9.84 Å². The van der Waals surface area contributed by atoms with Gasteiger partial charge in [0.05, 0.1) is 0 Å². The highest BCUT2D eigenvalue weighted by Gasteiger charge is 2.65. The summed E-state index contributed by atoms with van der Waals surface area (Å²) in [5.41, 5.74) is 4.76. The summed E-state index contributed by atoms with van der Waals surface area (Å²) in [6.45, 7) is 0.108. The summed E-state index contributed by atoms with van der Waals surface area (Å²) in [5, 5.41) is 8.73. The van der Waals surface area contributed by atoms with Gasteiger partial charge in [-0.15, -0.1) is 0 Å².